The Morgan fingerprint density at radius 3 is 2.71 bits per heavy atom. The molecule has 74 valence electrons. The van der Waals surface area contributed by atoms with Gasteiger partial charge >= 0.3 is 0 Å². The van der Waals surface area contributed by atoms with Crippen LogP contribution in [-0.2, 0) is 5.41 Å². The normalized spacial score (nSPS) is 30.9. The Kier molecular flexibility index (Phi) is 2.48. The molecule has 1 fully saturated rings. The summed E-state index contributed by atoms with van der Waals surface area (Å²) >= 11 is 3.48. The molecule has 2 rings (SSSR count). The van der Waals surface area contributed by atoms with E-state index in [9.17, 15) is 0 Å². The molecule has 0 radical (unpaired) electrons. The lowest BCUT2D eigenvalue weighted by Gasteiger charge is -2.44. The van der Waals surface area contributed by atoms with Crippen LogP contribution in [0.4, 0.5) is 0 Å². The number of nitrogens with one attached hydrogen (secondary N) is 1. The molecule has 0 saturated heterocycles. The average Bonchev–Trinajstić information content (AvgIpc) is 2.12. The Balaban J connectivity index is 2.33. The molecule has 0 spiro atoms. The van der Waals surface area contributed by atoms with E-state index in [-0.39, 0.29) is 5.41 Å². The Labute approximate surface area is 93.2 Å². The number of rotatable bonds is 2. The minimum atomic E-state index is 0.0309. The molecule has 1 saturated carbocycles. The van der Waals surface area contributed by atoms with Gasteiger partial charge in [-0.05, 0) is 36.5 Å². The maximum absolute atomic E-state index is 7.57. The summed E-state index contributed by atoms with van der Waals surface area (Å²) < 4.78 is 1.11. The van der Waals surface area contributed by atoms with E-state index in [1.165, 1.54) is 5.56 Å². The molecule has 0 aromatic heterocycles. The molecule has 0 bridgehead atoms. The lowest BCUT2D eigenvalue weighted by molar-refractivity contribution is 0.234. The van der Waals surface area contributed by atoms with Crippen LogP contribution in [0.25, 0.3) is 0 Å². The molecule has 0 atom stereocenters. The van der Waals surface area contributed by atoms with Crippen LogP contribution in [0.15, 0.2) is 28.7 Å². The van der Waals surface area contributed by atoms with E-state index in [1.807, 2.05) is 12.1 Å². The molecule has 1 aliphatic carbocycles. The molecule has 1 N–H and O–H groups in total. The summed E-state index contributed by atoms with van der Waals surface area (Å²) in [6.45, 7) is 2.25. The van der Waals surface area contributed by atoms with Crippen molar-refractivity contribution in [1.29, 1.82) is 5.41 Å². The zero-order valence-corrected chi connectivity index (χ0v) is 9.84. The summed E-state index contributed by atoms with van der Waals surface area (Å²) in [6, 6.07) is 8.34. The summed E-state index contributed by atoms with van der Waals surface area (Å²) in [5.41, 5.74) is 1.31. The van der Waals surface area contributed by atoms with Crippen molar-refractivity contribution in [2.45, 2.75) is 25.2 Å². The van der Waals surface area contributed by atoms with E-state index in [2.05, 4.69) is 35.0 Å². The van der Waals surface area contributed by atoms with Crippen molar-refractivity contribution in [3.05, 3.63) is 34.3 Å². The van der Waals surface area contributed by atoms with Gasteiger partial charge in [-0.2, -0.15) is 0 Å². The van der Waals surface area contributed by atoms with Crippen LogP contribution in [0.2, 0.25) is 0 Å². The van der Waals surface area contributed by atoms with Crippen LogP contribution >= 0.6 is 15.9 Å². The van der Waals surface area contributed by atoms with Gasteiger partial charge in [0.2, 0.25) is 0 Å². The first-order valence-electron chi connectivity index (χ1n) is 4.94. The second kappa shape index (κ2) is 3.50. The third-order valence-corrected chi connectivity index (χ3v) is 3.59. The molecule has 1 nitrogen and oxygen atoms in total. The fraction of sp³-hybridized carbons (Fsp3) is 0.417. The lowest BCUT2D eigenvalue weighted by Crippen LogP contribution is -2.41. The van der Waals surface area contributed by atoms with Gasteiger partial charge in [-0.25, -0.2) is 0 Å². The van der Waals surface area contributed by atoms with Gasteiger partial charge < -0.3 is 5.41 Å². The van der Waals surface area contributed by atoms with Gasteiger partial charge in [0, 0.05) is 16.1 Å². The molecule has 0 unspecified atom stereocenters. The first-order chi connectivity index (χ1) is 6.66. The molecule has 1 aliphatic rings. The lowest BCUT2D eigenvalue weighted by atomic mass is 9.60. The summed E-state index contributed by atoms with van der Waals surface area (Å²) in [7, 11) is 0. The SMILES string of the molecule is CC1CC(C=N)(c2cccc(Br)c2)C1. The summed E-state index contributed by atoms with van der Waals surface area (Å²) in [5.74, 6) is 0.760. The highest BCUT2D eigenvalue weighted by Crippen LogP contribution is 2.46. The van der Waals surface area contributed by atoms with E-state index in [4.69, 9.17) is 5.41 Å². The maximum Gasteiger partial charge on any atom is 0.0304 e. The van der Waals surface area contributed by atoms with E-state index in [1.54, 1.807) is 6.21 Å². The van der Waals surface area contributed by atoms with Crippen LogP contribution < -0.4 is 0 Å². The standard InChI is InChI=1S/C12H14BrN/c1-9-6-12(7-9,8-14)10-3-2-4-11(13)5-10/h2-5,8-9,14H,6-7H2,1H3. The minimum absolute atomic E-state index is 0.0309. The zero-order chi connectivity index (χ0) is 10.2. The van der Waals surface area contributed by atoms with Gasteiger partial charge in [0.05, 0.1) is 0 Å². The van der Waals surface area contributed by atoms with E-state index >= 15 is 0 Å². The topological polar surface area (TPSA) is 23.9 Å². The van der Waals surface area contributed by atoms with Crippen LogP contribution in [0.1, 0.15) is 25.3 Å². The highest BCUT2D eigenvalue weighted by atomic mass is 79.9. The third kappa shape index (κ3) is 1.52. The number of halogens is 1. The number of hydrogen-bond acceptors (Lipinski definition) is 1. The summed E-state index contributed by atoms with van der Waals surface area (Å²) in [5, 5.41) is 7.57. The quantitative estimate of drug-likeness (QED) is 0.775. The first-order valence-corrected chi connectivity index (χ1v) is 5.73. The highest BCUT2D eigenvalue weighted by molar-refractivity contribution is 9.10. The second-order valence-corrected chi connectivity index (χ2v) is 5.24. The molecule has 1 aromatic rings. The molecule has 0 aliphatic heterocycles. The fourth-order valence-electron chi connectivity index (χ4n) is 2.42. The highest BCUT2D eigenvalue weighted by Gasteiger charge is 2.41. The van der Waals surface area contributed by atoms with Crippen molar-refractivity contribution in [1.82, 2.24) is 0 Å². The predicted octanol–water partition coefficient (Wildman–Crippen LogP) is 3.77. The van der Waals surface area contributed by atoms with E-state index in [0.29, 0.717) is 0 Å². The van der Waals surface area contributed by atoms with Gasteiger partial charge in [-0.3, -0.25) is 0 Å². The molecular formula is C12H14BrN. The Morgan fingerprint density at radius 2 is 2.21 bits per heavy atom. The van der Waals surface area contributed by atoms with Crippen molar-refractivity contribution in [2.75, 3.05) is 0 Å². The van der Waals surface area contributed by atoms with Crippen molar-refractivity contribution >= 4 is 22.1 Å². The molecule has 14 heavy (non-hydrogen) atoms. The average molecular weight is 252 g/mol. The molecule has 0 heterocycles. The van der Waals surface area contributed by atoms with Gasteiger partial charge in [-0.15, -0.1) is 0 Å². The largest absolute Gasteiger partial charge is 0.312 e. The monoisotopic (exact) mass is 251 g/mol. The van der Waals surface area contributed by atoms with Crippen molar-refractivity contribution < 1.29 is 0 Å². The van der Waals surface area contributed by atoms with E-state index in [0.717, 1.165) is 23.2 Å². The Bertz CT molecular complexity index is 353. The van der Waals surface area contributed by atoms with Crippen molar-refractivity contribution in [2.24, 2.45) is 5.92 Å². The smallest absolute Gasteiger partial charge is 0.0304 e. The Hall–Kier alpha value is -0.630. The van der Waals surface area contributed by atoms with Crippen molar-refractivity contribution in [3.8, 4) is 0 Å². The minimum Gasteiger partial charge on any atom is -0.312 e. The first kappa shape index (κ1) is 9.91. The van der Waals surface area contributed by atoms with Crippen LogP contribution in [-0.4, -0.2) is 6.21 Å². The van der Waals surface area contributed by atoms with Gasteiger partial charge in [0.15, 0.2) is 0 Å². The molecule has 0 amide bonds. The van der Waals surface area contributed by atoms with Crippen LogP contribution in [0.5, 0.6) is 0 Å². The zero-order valence-electron chi connectivity index (χ0n) is 8.26. The summed E-state index contributed by atoms with van der Waals surface area (Å²) in [6.07, 6.45) is 3.86. The molecular weight excluding hydrogens is 238 g/mol. The summed E-state index contributed by atoms with van der Waals surface area (Å²) in [4.78, 5) is 0. The van der Waals surface area contributed by atoms with Gasteiger partial charge in [0.25, 0.3) is 0 Å². The van der Waals surface area contributed by atoms with Crippen molar-refractivity contribution in [3.63, 3.8) is 0 Å². The predicted molar refractivity (Wildman–Crippen MR) is 63.0 cm³/mol. The van der Waals surface area contributed by atoms with E-state index < -0.39 is 0 Å². The second-order valence-electron chi connectivity index (χ2n) is 4.32. The molecule has 1 aromatic carbocycles. The van der Waals surface area contributed by atoms with Gasteiger partial charge in [0.1, 0.15) is 0 Å². The number of hydrogen-bond donors (Lipinski definition) is 1. The molecule has 2 heteroatoms. The van der Waals surface area contributed by atoms with Crippen LogP contribution in [0.3, 0.4) is 0 Å². The Morgan fingerprint density at radius 1 is 1.50 bits per heavy atom. The maximum atomic E-state index is 7.57. The number of benzene rings is 1. The van der Waals surface area contributed by atoms with Gasteiger partial charge in [-0.1, -0.05) is 35.0 Å². The fourth-order valence-corrected chi connectivity index (χ4v) is 2.82. The van der Waals surface area contributed by atoms with Crippen LogP contribution in [0, 0.1) is 11.3 Å². The third-order valence-electron chi connectivity index (χ3n) is 3.10.